The molecule has 2 aromatic carbocycles. The quantitative estimate of drug-likeness (QED) is 0.748. The highest BCUT2D eigenvalue weighted by molar-refractivity contribution is 9.10. The van der Waals surface area contributed by atoms with E-state index in [1.54, 1.807) is 7.11 Å². The fourth-order valence-electron chi connectivity index (χ4n) is 2.97. The molecule has 1 aliphatic rings. The summed E-state index contributed by atoms with van der Waals surface area (Å²) in [6.07, 6.45) is 0.979. The first kappa shape index (κ1) is 14.3. The van der Waals surface area contributed by atoms with E-state index in [4.69, 9.17) is 9.84 Å². The van der Waals surface area contributed by atoms with Crippen LogP contribution in [0, 0.1) is 0 Å². The van der Waals surface area contributed by atoms with E-state index in [1.165, 1.54) is 5.56 Å². The SMILES string of the molecule is COc1cccc(-c2nn(-c3ccccc3Br)c3c2CCN3)c1. The maximum Gasteiger partial charge on any atom is 0.133 e. The van der Waals surface area contributed by atoms with Crippen LogP contribution in [-0.2, 0) is 6.42 Å². The average molecular weight is 370 g/mol. The summed E-state index contributed by atoms with van der Waals surface area (Å²) < 4.78 is 8.36. The maximum atomic E-state index is 5.35. The fourth-order valence-corrected chi connectivity index (χ4v) is 3.43. The van der Waals surface area contributed by atoms with Crippen molar-refractivity contribution in [2.75, 3.05) is 19.0 Å². The molecular formula is C18H16BrN3O. The van der Waals surface area contributed by atoms with Gasteiger partial charge in [-0.25, -0.2) is 4.68 Å². The molecular weight excluding hydrogens is 354 g/mol. The summed E-state index contributed by atoms with van der Waals surface area (Å²) in [6, 6.07) is 16.2. The third-order valence-corrected chi connectivity index (χ3v) is 4.75. The number of para-hydroxylation sites is 1. The van der Waals surface area contributed by atoms with Crippen LogP contribution in [0.3, 0.4) is 0 Å². The van der Waals surface area contributed by atoms with Gasteiger partial charge >= 0.3 is 0 Å². The number of halogens is 1. The molecule has 1 aromatic heterocycles. The first-order chi connectivity index (χ1) is 11.3. The van der Waals surface area contributed by atoms with Crippen LogP contribution < -0.4 is 10.1 Å². The number of nitrogens with zero attached hydrogens (tertiary/aromatic N) is 2. The molecule has 0 spiro atoms. The zero-order valence-electron chi connectivity index (χ0n) is 12.7. The summed E-state index contributed by atoms with van der Waals surface area (Å²) in [5, 5.41) is 8.34. The van der Waals surface area contributed by atoms with Gasteiger partial charge in [0.05, 0.1) is 18.5 Å². The highest BCUT2D eigenvalue weighted by Gasteiger charge is 2.24. The Morgan fingerprint density at radius 2 is 2.04 bits per heavy atom. The monoisotopic (exact) mass is 369 g/mol. The van der Waals surface area contributed by atoms with Gasteiger partial charge in [-0.2, -0.15) is 5.10 Å². The summed E-state index contributed by atoms with van der Waals surface area (Å²) in [7, 11) is 1.69. The van der Waals surface area contributed by atoms with Crippen molar-refractivity contribution < 1.29 is 4.74 Å². The van der Waals surface area contributed by atoms with Gasteiger partial charge in [0.15, 0.2) is 0 Å². The van der Waals surface area contributed by atoms with Gasteiger partial charge < -0.3 is 10.1 Å². The van der Waals surface area contributed by atoms with Gasteiger partial charge in [-0.05, 0) is 46.6 Å². The molecule has 116 valence electrons. The van der Waals surface area contributed by atoms with Crippen molar-refractivity contribution in [3.63, 3.8) is 0 Å². The largest absolute Gasteiger partial charge is 0.497 e. The molecule has 0 bridgehead atoms. The standard InChI is InChI=1S/C18H16BrN3O/c1-23-13-6-4-5-12(11-13)17-14-9-10-20-18(14)22(21-17)16-8-3-2-7-15(16)19/h2-8,11,20H,9-10H2,1H3. The average Bonchev–Trinajstić information content (AvgIpc) is 3.18. The maximum absolute atomic E-state index is 5.35. The van der Waals surface area contributed by atoms with Gasteiger partial charge in [-0.1, -0.05) is 24.3 Å². The molecule has 5 heteroatoms. The van der Waals surface area contributed by atoms with Crippen LogP contribution in [0.15, 0.2) is 53.0 Å². The Kier molecular flexibility index (Phi) is 3.58. The Morgan fingerprint density at radius 1 is 1.17 bits per heavy atom. The first-order valence-corrected chi connectivity index (χ1v) is 8.32. The number of ether oxygens (including phenoxy) is 1. The van der Waals surface area contributed by atoms with Gasteiger partial charge in [0, 0.05) is 22.1 Å². The van der Waals surface area contributed by atoms with Crippen LogP contribution >= 0.6 is 15.9 Å². The van der Waals surface area contributed by atoms with Crippen LogP contribution in [0.2, 0.25) is 0 Å². The predicted molar refractivity (Wildman–Crippen MR) is 95.4 cm³/mol. The fraction of sp³-hybridized carbons (Fsp3) is 0.167. The molecule has 4 nitrogen and oxygen atoms in total. The first-order valence-electron chi connectivity index (χ1n) is 7.53. The minimum absolute atomic E-state index is 0.845. The molecule has 3 aromatic rings. The van der Waals surface area contributed by atoms with Crippen molar-refractivity contribution in [3.05, 3.63) is 58.6 Å². The topological polar surface area (TPSA) is 39.1 Å². The lowest BCUT2D eigenvalue weighted by Gasteiger charge is -2.08. The van der Waals surface area contributed by atoms with Gasteiger partial charge in [-0.3, -0.25) is 0 Å². The summed E-state index contributed by atoms with van der Waals surface area (Å²) in [5.41, 5.74) is 4.39. The molecule has 2 heterocycles. The molecule has 1 aliphatic heterocycles. The Hall–Kier alpha value is -2.27. The Balaban J connectivity index is 1.90. The van der Waals surface area contributed by atoms with E-state index in [1.807, 2.05) is 41.1 Å². The molecule has 0 saturated heterocycles. The Morgan fingerprint density at radius 3 is 2.87 bits per heavy atom. The lowest BCUT2D eigenvalue weighted by molar-refractivity contribution is 0.415. The predicted octanol–water partition coefficient (Wildman–Crippen LogP) is 4.28. The highest BCUT2D eigenvalue weighted by atomic mass is 79.9. The lowest BCUT2D eigenvalue weighted by atomic mass is 10.1. The number of rotatable bonds is 3. The minimum atomic E-state index is 0.845. The number of methoxy groups -OCH3 is 1. The van der Waals surface area contributed by atoms with Crippen molar-refractivity contribution in [2.24, 2.45) is 0 Å². The van der Waals surface area contributed by atoms with Crippen molar-refractivity contribution in [1.29, 1.82) is 0 Å². The molecule has 0 radical (unpaired) electrons. The van der Waals surface area contributed by atoms with E-state index in [9.17, 15) is 0 Å². The van der Waals surface area contributed by atoms with E-state index >= 15 is 0 Å². The van der Waals surface area contributed by atoms with Crippen molar-refractivity contribution in [1.82, 2.24) is 9.78 Å². The summed E-state index contributed by atoms with van der Waals surface area (Å²) in [4.78, 5) is 0. The number of fused-ring (bicyclic) bond motifs is 1. The Labute approximate surface area is 143 Å². The minimum Gasteiger partial charge on any atom is -0.497 e. The van der Waals surface area contributed by atoms with Gasteiger partial charge in [-0.15, -0.1) is 0 Å². The lowest BCUT2D eigenvalue weighted by Crippen LogP contribution is -2.04. The third kappa shape index (κ3) is 2.41. The van der Waals surface area contributed by atoms with E-state index < -0.39 is 0 Å². The van der Waals surface area contributed by atoms with Gasteiger partial charge in [0.1, 0.15) is 11.6 Å². The molecule has 0 amide bonds. The van der Waals surface area contributed by atoms with Crippen LogP contribution in [0.1, 0.15) is 5.56 Å². The molecule has 0 atom stereocenters. The number of hydrogen-bond acceptors (Lipinski definition) is 3. The summed E-state index contributed by atoms with van der Waals surface area (Å²) in [6.45, 7) is 0.939. The van der Waals surface area contributed by atoms with E-state index in [0.717, 1.165) is 46.0 Å². The number of nitrogens with one attached hydrogen (secondary N) is 1. The van der Waals surface area contributed by atoms with E-state index in [2.05, 4.69) is 33.4 Å². The number of aromatic nitrogens is 2. The van der Waals surface area contributed by atoms with Gasteiger partial charge in [0.25, 0.3) is 0 Å². The zero-order chi connectivity index (χ0) is 15.8. The molecule has 23 heavy (non-hydrogen) atoms. The molecule has 0 fully saturated rings. The zero-order valence-corrected chi connectivity index (χ0v) is 14.3. The van der Waals surface area contributed by atoms with Crippen molar-refractivity contribution in [3.8, 4) is 22.7 Å². The van der Waals surface area contributed by atoms with E-state index in [-0.39, 0.29) is 0 Å². The van der Waals surface area contributed by atoms with Crippen LogP contribution in [0.5, 0.6) is 5.75 Å². The second-order valence-electron chi connectivity index (χ2n) is 5.45. The smallest absolute Gasteiger partial charge is 0.133 e. The Bertz CT molecular complexity index is 872. The van der Waals surface area contributed by atoms with Crippen LogP contribution in [0.4, 0.5) is 5.82 Å². The number of hydrogen-bond donors (Lipinski definition) is 1. The molecule has 0 saturated carbocycles. The second-order valence-corrected chi connectivity index (χ2v) is 6.30. The normalized spacial score (nSPS) is 12.8. The van der Waals surface area contributed by atoms with E-state index in [0.29, 0.717) is 0 Å². The summed E-state index contributed by atoms with van der Waals surface area (Å²) >= 11 is 3.62. The van der Waals surface area contributed by atoms with Crippen molar-refractivity contribution in [2.45, 2.75) is 6.42 Å². The second kappa shape index (κ2) is 5.74. The number of benzene rings is 2. The van der Waals surface area contributed by atoms with Gasteiger partial charge in [0.2, 0.25) is 0 Å². The number of anilines is 1. The van der Waals surface area contributed by atoms with Crippen LogP contribution in [-0.4, -0.2) is 23.4 Å². The molecule has 1 N–H and O–H groups in total. The summed E-state index contributed by atoms with van der Waals surface area (Å²) in [5.74, 6) is 1.92. The molecule has 0 unspecified atom stereocenters. The molecule has 4 rings (SSSR count). The third-order valence-electron chi connectivity index (χ3n) is 4.07. The highest BCUT2D eigenvalue weighted by Crippen LogP contribution is 2.36. The molecule has 0 aliphatic carbocycles. The van der Waals surface area contributed by atoms with Crippen LogP contribution in [0.25, 0.3) is 16.9 Å². The van der Waals surface area contributed by atoms with Crippen molar-refractivity contribution >= 4 is 21.7 Å².